The zero-order chi connectivity index (χ0) is 22.5. The van der Waals surface area contributed by atoms with E-state index in [1.807, 2.05) is 6.08 Å². The molecular formula is C21H39N3O2Si3. The third kappa shape index (κ3) is 10.0. The molecule has 0 aromatic carbocycles. The Hall–Kier alpha value is -1.04. The van der Waals surface area contributed by atoms with Crippen molar-refractivity contribution in [2.45, 2.75) is 85.0 Å². The summed E-state index contributed by atoms with van der Waals surface area (Å²) in [7, 11) is -5.59. The van der Waals surface area contributed by atoms with Crippen LogP contribution in [0.5, 0.6) is 0 Å². The maximum absolute atomic E-state index is 9.25. The van der Waals surface area contributed by atoms with Gasteiger partial charge in [-0.25, -0.2) is 0 Å². The standard InChI is InChI=1S/C21H39N3O2Si3/c1-21(2)14-18(19(16-22)17-23)13-20(15-21)24-11-10-12-29(9,25-27(3,4)5)26-28(6,7)8/h13,19H,10-12,14-15H2,1-9H3. The summed E-state index contributed by atoms with van der Waals surface area (Å²) >= 11 is 0. The summed E-state index contributed by atoms with van der Waals surface area (Å²) < 4.78 is 13.1. The van der Waals surface area contributed by atoms with E-state index >= 15 is 0 Å². The second-order valence-corrected chi connectivity index (χ2v) is 23.8. The molecule has 8 heteroatoms. The van der Waals surface area contributed by atoms with E-state index in [-0.39, 0.29) is 5.41 Å². The van der Waals surface area contributed by atoms with E-state index in [0.717, 1.165) is 43.1 Å². The average molecular weight is 450 g/mol. The minimum Gasteiger partial charge on any atom is -0.437 e. The SMILES string of the molecule is CC1(C)CC(C(C#N)C#N)=CC(=NCCC[Si](C)(O[Si](C)(C)C)O[Si](C)(C)C)C1. The van der Waals surface area contributed by atoms with Crippen LogP contribution in [-0.2, 0) is 8.23 Å². The van der Waals surface area contributed by atoms with Crippen LogP contribution in [0.25, 0.3) is 0 Å². The molecule has 0 aliphatic heterocycles. The number of aliphatic imine (C=N–C) groups is 1. The first-order valence-corrected chi connectivity index (χ1v) is 19.9. The van der Waals surface area contributed by atoms with Gasteiger partial charge in [0.25, 0.3) is 0 Å². The molecule has 0 N–H and O–H groups in total. The maximum atomic E-state index is 9.25. The minimum absolute atomic E-state index is 0.0278. The Morgan fingerprint density at radius 1 is 1.00 bits per heavy atom. The predicted octanol–water partition coefficient (Wildman–Crippen LogP) is 6.00. The Morgan fingerprint density at radius 2 is 1.52 bits per heavy atom. The molecule has 0 atom stereocenters. The fourth-order valence-corrected chi connectivity index (χ4v) is 16.5. The highest BCUT2D eigenvalue weighted by Gasteiger charge is 2.39. The first kappa shape index (κ1) is 26.0. The molecule has 0 heterocycles. The van der Waals surface area contributed by atoms with Crippen molar-refractivity contribution >= 4 is 30.9 Å². The largest absolute Gasteiger partial charge is 0.437 e. The third-order valence-corrected chi connectivity index (χ3v) is 14.1. The van der Waals surface area contributed by atoms with Gasteiger partial charge in [0.2, 0.25) is 0 Å². The number of nitrogens with zero attached hydrogens (tertiary/aromatic N) is 3. The molecule has 0 amide bonds. The fourth-order valence-electron chi connectivity index (χ4n) is 3.94. The highest BCUT2D eigenvalue weighted by molar-refractivity contribution is 6.87. The van der Waals surface area contributed by atoms with Crippen molar-refractivity contribution in [2.24, 2.45) is 16.3 Å². The van der Waals surface area contributed by atoms with Crippen molar-refractivity contribution < 1.29 is 8.23 Å². The molecular weight excluding hydrogens is 411 g/mol. The van der Waals surface area contributed by atoms with Crippen LogP contribution in [0.4, 0.5) is 0 Å². The first-order chi connectivity index (χ1) is 13.1. The third-order valence-electron chi connectivity index (χ3n) is 4.47. The van der Waals surface area contributed by atoms with E-state index in [0.29, 0.717) is 0 Å². The quantitative estimate of drug-likeness (QED) is 0.319. The van der Waals surface area contributed by atoms with Crippen molar-refractivity contribution in [1.82, 2.24) is 0 Å². The molecule has 0 unspecified atom stereocenters. The molecule has 0 aromatic heterocycles. The molecule has 0 saturated heterocycles. The van der Waals surface area contributed by atoms with Crippen molar-refractivity contribution in [2.75, 3.05) is 6.54 Å². The van der Waals surface area contributed by atoms with E-state index in [1.165, 1.54) is 0 Å². The lowest BCUT2D eigenvalue weighted by Gasteiger charge is -2.38. The van der Waals surface area contributed by atoms with E-state index in [2.05, 4.69) is 71.8 Å². The zero-order valence-electron chi connectivity index (χ0n) is 19.8. The van der Waals surface area contributed by atoms with Gasteiger partial charge in [0.05, 0.1) is 12.1 Å². The average Bonchev–Trinajstić information content (AvgIpc) is 2.47. The van der Waals surface area contributed by atoms with Crippen molar-refractivity contribution in [3.63, 3.8) is 0 Å². The van der Waals surface area contributed by atoms with E-state index < -0.39 is 31.1 Å². The van der Waals surface area contributed by atoms with Gasteiger partial charge in [-0.05, 0) is 88.2 Å². The smallest absolute Gasteiger partial charge is 0.314 e. The van der Waals surface area contributed by atoms with Crippen LogP contribution < -0.4 is 0 Å². The highest BCUT2D eigenvalue weighted by atomic mass is 28.5. The van der Waals surface area contributed by atoms with Gasteiger partial charge >= 0.3 is 8.56 Å². The Bertz CT molecular complexity index is 689. The van der Waals surface area contributed by atoms with Crippen LogP contribution in [0.3, 0.4) is 0 Å². The van der Waals surface area contributed by atoms with Gasteiger partial charge in [-0.15, -0.1) is 0 Å². The second-order valence-electron chi connectivity index (χ2n) is 11.0. The Kier molecular flexibility index (Phi) is 8.83. The lowest BCUT2D eigenvalue weighted by atomic mass is 9.74. The Morgan fingerprint density at radius 3 is 1.97 bits per heavy atom. The van der Waals surface area contributed by atoms with Crippen molar-refractivity contribution in [3.05, 3.63) is 11.6 Å². The first-order valence-electron chi connectivity index (χ1n) is 10.5. The fraction of sp³-hybridized carbons (Fsp3) is 0.762. The highest BCUT2D eigenvalue weighted by Crippen LogP contribution is 2.37. The lowest BCUT2D eigenvalue weighted by Crippen LogP contribution is -2.52. The maximum Gasteiger partial charge on any atom is 0.314 e. The number of hydrogen-bond acceptors (Lipinski definition) is 5. The van der Waals surface area contributed by atoms with Crippen LogP contribution in [0.1, 0.15) is 33.1 Å². The number of rotatable bonds is 9. The van der Waals surface area contributed by atoms with Crippen LogP contribution in [0.2, 0.25) is 51.9 Å². The molecule has 0 saturated carbocycles. The van der Waals surface area contributed by atoms with Gasteiger partial charge in [-0.3, -0.25) is 4.99 Å². The minimum atomic E-state index is -2.23. The van der Waals surface area contributed by atoms with E-state index in [1.54, 1.807) is 0 Å². The topological polar surface area (TPSA) is 78.4 Å². The van der Waals surface area contributed by atoms with Crippen LogP contribution in [0.15, 0.2) is 16.6 Å². The summed E-state index contributed by atoms with van der Waals surface area (Å²) in [6, 6.07) is 5.15. The van der Waals surface area contributed by atoms with Gasteiger partial charge in [0, 0.05) is 12.3 Å². The molecule has 0 spiro atoms. The second kappa shape index (κ2) is 9.85. The summed E-state index contributed by atoms with van der Waals surface area (Å²) in [6.07, 6.45) is 4.57. The van der Waals surface area contributed by atoms with Gasteiger partial charge in [0.15, 0.2) is 22.6 Å². The summed E-state index contributed by atoms with van der Waals surface area (Å²) in [5.74, 6) is -0.675. The molecule has 29 heavy (non-hydrogen) atoms. The van der Waals surface area contributed by atoms with Gasteiger partial charge in [-0.1, -0.05) is 13.8 Å². The number of nitriles is 2. The van der Waals surface area contributed by atoms with Crippen LogP contribution in [-0.4, -0.2) is 37.5 Å². The molecule has 0 radical (unpaired) electrons. The van der Waals surface area contributed by atoms with Crippen molar-refractivity contribution in [1.29, 1.82) is 10.5 Å². The molecule has 0 fully saturated rings. The molecule has 162 valence electrons. The summed E-state index contributed by atoms with van der Waals surface area (Å²) in [4.78, 5) is 4.83. The summed E-state index contributed by atoms with van der Waals surface area (Å²) in [5.41, 5.74) is 1.93. The summed E-state index contributed by atoms with van der Waals surface area (Å²) in [5, 5.41) is 18.5. The molecule has 5 nitrogen and oxygen atoms in total. The number of allylic oxidation sites excluding steroid dienone is 2. The van der Waals surface area contributed by atoms with Gasteiger partial charge < -0.3 is 8.23 Å². The van der Waals surface area contributed by atoms with Crippen molar-refractivity contribution in [3.8, 4) is 12.1 Å². The molecule has 0 aromatic rings. The summed E-state index contributed by atoms with van der Waals surface area (Å²) in [6.45, 7) is 20.6. The Balaban J connectivity index is 2.87. The van der Waals surface area contributed by atoms with Crippen LogP contribution >= 0.6 is 0 Å². The van der Waals surface area contributed by atoms with Gasteiger partial charge in [0.1, 0.15) is 0 Å². The molecule has 1 aliphatic rings. The molecule has 1 aliphatic carbocycles. The lowest BCUT2D eigenvalue weighted by molar-refractivity contribution is 0.366. The number of hydrogen-bond donors (Lipinski definition) is 0. The molecule has 0 bridgehead atoms. The van der Waals surface area contributed by atoms with E-state index in [4.69, 9.17) is 13.2 Å². The van der Waals surface area contributed by atoms with Gasteiger partial charge in [-0.2, -0.15) is 10.5 Å². The zero-order valence-corrected chi connectivity index (χ0v) is 22.8. The monoisotopic (exact) mass is 449 g/mol. The van der Waals surface area contributed by atoms with Crippen LogP contribution in [0, 0.1) is 34.0 Å². The molecule has 1 rings (SSSR count). The predicted molar refractivity (Wildman–Crippen MR) is 128 cm³/mol. The normalized spacial score (nSPS) is 19.0. The van der Waals surface area contributed by atoms with E-state index in [9.17, 15) is 10.5 Å². The Labute approximate surface area is 181 Å².